The fourth-order valence-corrected chi connectivity index (χ4v) is 4.26. The summed E-state index contributed by atoms with van der Waals surface area (Å²) in [5, 5.41) is 15.9. The number of halogens is 2. The quantitative estimate of drug-likeness (QED) is 0.239. The van der Waals surface area contributed by atoms with E-state index in [1.807, 2.05) is 0 Å². The molecule has 0 spiro atoms. The minimum absolute atomic E-state index is 0.0171. The van der Waals surface area contributed by atoms with Crippen LogP contribution in [-0.4, -0.2) is 34.5 Å². The van der Waals surface area contributed by atoms with E-state index in [1.165, 1.54) is 30.5 Å². The average Bonchev–Trinajstić information content (AvgIpc) is 3.28. The Morgan fingerprint density at radius 1 is 1.00 bits per heavy atom. The zero-order valence-corrected chi connectivity index (χ0v) is 20.1. The molecule has 0 aliphatic rings. The highest BCUT2D eigenvalue weighted by Gasteiger charge is 2.16. The van der Waals surface area contributed by atoms with Gasteiger partial charge in [-0.05, 0) is 42.8 Å². The molecule has 12 heteroatoms. The number of aromatic nitrogens is 1. The molecule has 4 aromatic rings. The SMILES string of the molecule is Cc1ccc(F)c(NC(=O)Nc2ccc(Oc3ccnc4cc(C(=O)NCCC(=O)O)sc34)cc2F)c1. The van der Waals surface area contributed by atoms with Gasteiger partial charge in [0.05, 0.1) is 32.9 Å². The summed E-state index contributed by atoms with van der Waals surface area (Å²) < 4.78 is 34.9. The molecule has 0 atom stereocenters. The summed E-state index contributed by atoms with van der Waals surface area (Å²) in [6, 6.07) is 10.3. The summed E-state index contributed by atoms with van der Waals surface area (Å²) in [6.45, 7) is 1.72. The van der Waals surface area contributed by atoms with Gasteiger partial charge >= 0.3 is 12.0 Å². The van der Waals surface area contributed by atoms with Gasteiger partial charge in [-0.25, -0.2) is 13.6 Å². The number of nitrogens with one attached hydrogen (secondary N) is 3. The van der Waals surface area contributed by atoms with Gasteiger partial charge in [0.2, 0.25) is 0 Å². The lowest BCUT2D eigenvalue weighted by Gasteiger charge is -2.11. The zero-order chi connectivity index (χ0) is 26.5. The second kappa shape index (κ2) is 11.0. The van der Waals surface area contributed by atoms with E-state index in [4.69, 9.17) is 9.84 Å². The van der Waals surface area contributed by atoms with Crippen LogP contribution < -0.4 is 20.7 Å². The Bertz CT molecular complexity index is 1510. The third-order valence-electron chi connectivity index (χ3n) is 5.01. The highest BCUT2D eigenvalue weighted by Crippen LogP contribution is 2.35. The van der Waals surface area contributed by atoms with Gasteiger partial charge in [0.15, 0.2) is 0 Å². The van der Waals surface area contributed by atoms with Crippen LogP contribution >= 0.6 is 11.3 Å². The Kier molecular flexibility index (Phi) is 7.58. The number of aliphatic carboxylic acids is 1. The van der Waals surface area contributed by atoms with Crippen molar-refractivity contribution in [2.24, 2.45) is 0 Å². The van der Waals surface area contributed by atoms with Crippen molar-refractivity contribution in [3.05, 3.63) is 76.8 Å². The van der Waals surface area contributed by atoms with E-state index in [0.29, 0.717) is 20.8 Å². The fourth-order valence-electron chi connectivity index (χ4n) is 3.28. The average molecular weight is 527 g/mol. The lowest BCUT2D eigenvalue weighted by molar-refractivity contribution is -0.136. The topological polar surface area (TPSA) is 130 Å². The Morgan fingerprint density at radius 2 is 1.78 bits per heavy atom. The molecule has 2 aromatic heterocycles. The van der Waals surface area contributed by atoms with Crippen LogP contribution in [0.25, 0.3) is 10.2 Å². The minimum Gasteiger partial charge on any atom is -0.481 e. The number of fused-ring (bicyclic) bond motifs is 1. The van der Waals surface area contributed by atoms with Crippen LogP contribution in [0.15, 0.2) is 54.7 Å². The number of carbonyl (C=O) groups is 3. The first kappa shape index (κ1) is 25.5. The van der Waals surface area contributed by atoms with E-state index in [0.717, 1.165) is 23.0 Å². The second-order valence-corrected chi connectivity index (χ2v) is 8.89. The standard InChI is InChI=1S/C25H20F2N4O5S/c1-13-2-4-15(26)18(10-13)31-25(35)30-17-5-3-14(11-16(17)27)36-20-6-8-28-19-12-21(37-23(19)20)24(34)29-9-7-22(32)33/h2-6,8,10-12H,7,9H2,1H3,(H,29,34)(H,32,33)(H2,30,31,35). The summed E-state index contributed by atoms with van der Waals surface area (Å²) in [5.74, 6) is -2.42. The number of benzene rings is 2. The maximum Gasteiger partial charge on any atom is 0.323 e. The van der Waals surface area contributed by atoms with Crippen LogP contribution in [0.1, 0.15) is 21.7 Å². The maximum atomic E-state index is 14.7. The Morgan fingerprint density at radius 3 is 2.54 bits per heavy atom. The van der Waals surface area contributed by atoms with Crippen molar-refractivity contribution < 1.29 is 33.0 Å². The molecule has 0 saturated carbocycles. The molecule has 190 valence electrons. The van der Waals surface area contributed by atoms with Gasteiger partial charge in [0.25, 0.3) is 5.91 Å². The molecule has 0 aliphatic carbocycles. The van der Waals surface area contributed by atoms with Crippen LogP contribution in [0, 0.1) is 18.6 Å². The van der Waals surface area contributed by atoms with Crippen molar-refractivity contribution in [1.29, 1.82) is 0 Å². The number of ether oxygens (including phenoxy) is 1. The van der Waals surface area contributed by atoms with Crippen LogP contribution in [0.3, 0.4) is 0 Å². The first-order valence-corrected chi connectivity index (χ1v) is 11.7. The van der Waals surface area contributed by atoms with E-state index in [1.54, 1.807) is 25.1 Å². The van der Waals surface area contributed by atoms with Crippen molar-refractivity contribution >= 4 is 50.8 Å². The van der Waals surface area contributed by atoms with Gasteiger partial charge in [-0.2, -0.15) is 0 Å². The molecule has 4 rings (SSSR count). The first-order valence-electron chi connectivity index (χ1n) is 10.9. The molecule has 37 heavy (non-hydrogen) atoms. The number of pyridine rings is 1. The largest absolute Gasteiger partial charge is 0.481 e. The van der Waals surface area contributed by atoms with Gasteiger partial charge in [0.1, 0.15) is 23.1 Å². The maximum absolute atomic E-state index is 14.7. The van der Waals surface area contributed by atoms with Gasteiger partial charge in [-0.1, -0.05) is 6.07 Å². The van der Waals surface area contributed by atoms with Crippen molar-refractivity contribution in [2.75, 3.05) is 17.2 Å². The van der Waals surface area contributed by atoms with Gasteiger partial charge in [0, 0.05) is 24.9 Å². The van der Waals surface area contributed by atoms with Gasteiger partial charge in [-0.3, -0.25) is 14.6 Å². The van der Waals surface area contributed by atoms with E-state index in [-0.39, 0.29) is 30.1 Å². The van der Waals surface area contributed by atoms with Crippen LogP contribution in [0.4, 0.5) is 25.0 Å². The molecule has 0 saturated heterocycles. The molecule has 9 nitrogen and oxygen atoms in total. The Labute approximate surface area is 213 Å². The smallest absolute Gasteiger partial charge is 0.323 e. The number of hydrogen-bond donors (Lipinski definition) is 4. The van der Waals surface area contributed by atoms with Gasteiger partial charge in [-0.15, -0.1) is 11.3 Å². The van der Waals surface area contributed by atoms with Crippen molar-refractivity contribution in [3.8, 4) is 11.5 Å². The molecule has 0 radical (unpaired) electrons. The van der Waals surface area contributed by atoms with Gasteiger partial charge < -0.3 is 25.8 Å². The molecule has 4 N–H and O–H groups in total. The number of amides is 3. The molecule has 2 heterocycles. The number of urea groups is 1. The van der Waals surface area contributed by atoms with Crippen LogP contribution in [0.5, 0.6) is 11.5 Å². The molecular formula is C25H20F2N4O5S. The molecule has 2 aromatic carbocycles. The molecule has 0 aliphatic heterocycles. The summed E-state index contributed by atoms with van der Waals surface area (Å²) in [4.78, 5) is 39.7. The van der Waals surface area contributed by atoms with Crippen molar-refractivity contribution in [3.63, 3.8) is 0 Å². The lowest BCUT2D eigenvalue weighted by Crippen LogP contribution is -2.25. The summed E-state index contributed by atoms with van der Waals surface area (Å²) in [7, 11) is 0. The number of thiophene rings is 1. The monoisotopic (exact) mass is 526 g/mol. The summed E-state index contributed by atoms with van der Waals surface area (Å²) in [5.41, 5.74) is 1.04. The third kappa shape index (κ3) is 6.35. The summed E-state index contributed by atoms with van der Waals surface area (Å²) in [6.07, 6.45) is 1.27. The number of carbonyl (C=O) groups excluding carboxylic acids is 2. The number of anilines is 2. The lowest BCUT2D eigenvalue weighted by atomic mass is 10.2. The van der Waals surface area contributed by atoms with Crippen LogP contribution in [-0.2, 0) is 4.79 Å². The molecular weight excluding hydrogens is 506 g/mol. The number of hydrogen-bond acceptors (Lipinski definition) is 6. The number of carboxylic acid groups (broad SMARTS) is 1. The number of nitrogens with zero attached hydrogens (tertiary/aromatic N) is 1. The second-order valence-electron chi connectivity index (χ2n) is 7.84. The molecule has 3 amide bonds. The number of rotatable bonds is 8. The zero-order valence-electron chi connectivity index (χ0n) is 19.3. The van der Waals surface area contributed by atoms with E-state index >= 15 is 0 Å². The van der Waals surface area contributed by atoms with E-state index < -0.39 is 29.5 Å². The highest BCUT2D eigenvalue weighted by molar-refractivity contribution is 7.21. The predicted molar refractivity (Wildman–Crippen MR) is 134 cm³/mol. The van der Waals surface area contributed by atoms with Crippen molar-refractivity contribution in [1.82, 2.24) is 10.3 Å². The Hall–Kier alpha value is -4.58. The van der Waals surface area contributed by atoms with E-state index in [2.05, 4.69) is 20.9 Å². The minimum atomic E-state index is -1.02. The first-order chi connectivity index (χ1) is 17.7. The predicted octanol–water partition coefficient (Wildman–Crippen LogP) is 5.52. The number of aryl methyl sites for hydroxylation is 1. The van der Waals surface area contributed by atoms with E-state index in [9.17, 15) is 23.2 Å². The van der Waals surface area contributed by atoms with Crippen molar-refractivity contribution in [2.45, 2.75) is 13.3 Å². The molecule has 0 fully saturated rings. The molecule has 0 unspecified atom stereocenters. The Balaban J connectivity index is 1.45. The molecule has 0 bridgehead atoms. The third-order valence-corrected chi connectivity index (χ3v) is 6.15. The van der Waals surface area contributed by atoms with Crippen LogP contribution in [0.2, 0.25) is 0 Å². The number of carboxylic acids is 1. The highest BCUT2D eigenvalue weighted by atomic mass is 32.1. The fraction of sp³-hybridized carbons (Fsp3) is 0.120. The summed E-state index contributed by atoms with van der Waals surface area (Å²) >= 11 is 1.09. The normalized spacial score (nSPS) is 10.7.